The molecule has 0 saturated carbocycles. The van der Waals surface area contributed by atoms with Crippen molar-refractivity contribution in [2.45, 2.75) is 6.42 Å². The number of amides is 1. The average molecular weight is 263 g/mol. The van der Waals surface area contributed by atoms with E-state index in [9.17, 15) is 19.7 Å². The lowest BCUT2D eigenvalue weighted by Gasteiger charge is -2.23. The van der Waals surface area contributed by atoms with Gasteiger partial charge in [0.1, 0.15) is 0 Å². The fourth-order valence-corrected chi connectivity index (χ4v) is 2.05. The molecule has 7 heteroatoms. The molecule has 1 N–H and O–H groups in total. The Hall–Kier alpha value is -2.44. The molecule has 100 valence electrons. The number of carbonyl (C=O) groups is 2. The first-order valence-electron chi connectivity index (χ1n) is 5.87. The van der Waals surface area contributed by atoms with Gasteiger partial charge in [0.25, 0.3) is 5.69 Å². The molecule has 1 aliphatic rings. The number of carbonyl (C=O) groups excluding carboxylic acids is 2. The Bertz CT molecular complexity index is 530. The fraction of sp³-hybridized carbons (Fsp3) is 0.333. The lowest BCUT2D eigenvalue weighted by Crippen LogP contribution is -2.29. The molecule has 1 aromatic rings. The van der Waals surface area contributed by atoms with E-state index in [2.05, 4.69) is 5.32 Å². The molecule has 0 radical (unpaired) electrons. The Kier molecular flexibility index (Phi) is 3.74. The maximum atomic E-state index is 11.3. The van der Waals surface area contributed by atoms with Crippen LogP contribution in [0.5, 0.6) is 0 Å². The zero-order chi connectivity index (χ0) is 13.8. The zero-order valence-corrected chi connectivity index (χ0v) is 10.2. The summed E-state index contributed by atoms with van der Waals surface area (Å²) in [6.45, 7) is 1.56. The van der Waals surface area contributed by atoms with Crippen LogP contribution in [0.2, 0.25) is 0 Å². The third kappa shape index (κ3) is 2.87. The van der Waals surface area contributed by atoms with Gasteiger partial charge >= 0.3 is 0 Å². The van der Waals surface area contributed by atoms with Gasteiger partial charge in [-0.25, -0.2) is 0 Å². The fourth-order valence-electron chi connectivity index (χ4n) is 2.05. The van der Waals surface area contributed by atoms with Gasteiger partial charge in [-0.2, -0.15) is 0 Å². The minimum absolute atomic E-state index is 0.0305. The van der Waals surface area contributed by atoms with E-state index < -0.39 is 4.92 Å². The van der Waals surface area contributed by atoms with Crippen molar-refractivity contribution < 1.29 is 14.5 Å². The highest BCUT2D eigenvalue weighted by molar-refractivity contribution is 5.86. The molecule has 0 atom stereocenters. The average Bonchev–Trinajstić information content (AvgIpc) is 2.62. The number of nitrogens with zero attached hydrogens (tertiary/aromatic N) is 2. The summed E-state index contributed by atoms with van der Waals surface area (Å²) in [5.41, 5.74) is 0.774. The summed E-state index contributed by atoms with van der Waals surface area (Å²) in [6.07, 6.45) is 0.942. The lowest BCUT2D eigenvalue weighted by molar-refractivity contribution is -0.384. The van der Waals surface area contributed by atoms with Gasteiger partial charge in [-0.05, 0) is 6.07 Å². The smallest absolute Gasteiger partial charge is 0.270 e. The van der Waals surface area contributed by atoms with E-state index in [0.29, 0.717) is 38.0 Å². The van der Waals surface area contributed by atoms with Gasteiger partial charge in [0.2, 0.25) is 5.91 Å². The van der Waals surface area contributed by atoms with Crippen LogP contribution >= 0.6 is 0 Å². The SMILES string of the molecule is O=Cc1cc([N+](=O)[O-])ccc1N1CCNC(=O)CC1. The van der Waals surface area contributed by atoms with Gasteiger partial charge in [-0.1, -0.05) is 0 Å². The number of hydrogen-bond donors (Lipinski definition) is 1. The molecule has 0 aliphatic carbocycles. The van der Waals surface area contributed by atoms with Gasteiger partial charge in [0.05, 0.1) is 4.92 Å². The molecular weight excluding hydrogens is 250 g/mol. The number of rotatable bonds is 3. The summed E-state index contributed by atoms with van der Waals surface area (Å²) >= 11 is 0. The molecule has 0 aromatic heterocycles. The summed E-state index contributed by atoms with van der Waals surface area (Å²) in [5, 5.41) is 13.4. The van der Waals surface area contributed by atoms with E-state index in [0.717, 1.165) is 0 Å². The summed E-state index contributed by atoms with van der Waals surface area (Å²) in [6, 6.07) is 4.17. The minimum atomic E-state index is -0.537. The van der Waals surface area contributed by atoms with Gasteiger partial charge in [-0.3, -0.25) is 19.7 Å². The summed E-state index contributed by atoms with van der Waals surface area (Å²) in [7, 11) is 0. The van der Waals surface area contributed by atoms with Crippen molar-refractivity contribution in [3.63, 3.8) is 0 Å². The number of nitro benzene ring substituents is 1. The monoisotopic (exact) mass is 263 g/mol. The number of nitro groups is 1. The Labute approximate surface area is 109 Å². The van der Waals surface area contributed by atoms with Crippen molar-refractivity contribution in [3.8, 4) is 0 Å². The summed E-state index contributed by atoms with van der Waals surface area (Å²) in [4.78, 5) is 34.3. The molecule has 1 heterocycles. The van der Waals surface area contributed by atoms with Crippen molar-refractivity contribution in [3.05, 3.63) is 33.9 Å². The molecule has 0 unspecified atom stereocenters. The Morgan fingerprint density at radius 3 is 2.84 bits per heavy atom. The highest BCUT2D eigenvalue weighted by Crippen LogP contribution is 2.24. The molecule has 1 fully saturated rings. The van der Waals surface area contributed by atoms with Crippen LogP contribution in [0.4, 0.5) is 11.4 Å². The van der Waals surface area contributed by atoms with Crippen molar-refractivity contribution in [2.24, 2.45) is 0 Å². The molecule has 1 aliphatic heterocycles. The second-order valence-electron chi connectivity index (χ2n) is 4.21. The standard InChI is InChI=1S/C12H13N3O4/c16-8-9-7-10(15(18)19)1-2-11(9)14-5-3-12(17)13-4-6-14/h1-2,7-8H,3-6H2,(H,13,17). The van der Waals surface area contributed by atoms with Crippen LogP contribution in [0.15, 0.2) is 18.2 Å². The third-order valence-electron chi connectivity index (χ3n) is 3.00. The highest BCUT2D eigenvalue weighted by Gasteiger charge is 2.18. The number of hydrogen-bond acceptors (Lipinski definition) is 5. The zero-order valence-electron chi connectivity index (χ0n) is 10.2. The van der Waals surface area contributed by atoms with Gasteiger partial charge in [0.15, 0.2) is 6.29 Å². The van der Waals surface area contributed by atoms with E-state index in [1.807, 2.05) is 4.90 Å². The second-order valence-corrected chi connectivity index (χ2v) is 4.21. The first-order valence-corrected chi connectivity index (χ1v) is 5.87. The van der Waals surface area contributed by atoms with E-state index in [1.165, 1.54) is 12.1 Å². The minimum Gasteiger partial charge on any atom is -0.369 e. The van der Waals surface area contributed by atoms with Crippen LogP contribution < -0.4 is 10.2 Å². The predicted octanol–water partition coefficient (Wildman–Crippen LogP) is 0.734. The first-order chi connectivity index (χ1) is 9.11. The van der Waals surface area contributed by atoms with E-state index in [-0.39, 0.29) is 17.2 Å². The third-order valence-corrected chi connectivity index (χ3v) is 3.00. The molecule has 1 saturated heterocycles. The van der Waals surface area contributed by atoms with Crippen molar-refractivity contribution >= 4 is 23.6 Å². The molecule has 19 heavy (non-hydrogen) atoms. The van der Waals surface area contributed by atoms with Gasteiger partial charge < -0.3 is 10.2 Å². The van der Waals surface area contributed by atoms with Crippen LogP contribution in [0.3, 0.4) is 0 Å². The van der Waals surface area contributed by atoms with E-state index in [1.54, 1.807) is 6.07 Å². The molecule has 0 spiro atoms. The number of non-ortho nitro benzene ring substituents is 1. The maximum absolute atomic E-state index is 11.3. The maximum Gasteiger partial charge on any atom is 0.270 e. The lowest BCUT2D eigenvalue weighted by atomic mass is 10.1. The summed E-state index contributed by atoms with van der Waals surface area (Å²) < 4.78 is 0. The number of nitrogens with one attached hydrogen (secondary N) is 1. The second kappa shape index (κ2) is 5.47. The number of aldehydes is 1. The van der Waals surface area contributed by atoms with Crippen LogP contribution in [-0.2, 0) is 4.79 Å². The predicted molar refractivity (Wildman–Crippen MR) is 68.3 cm³/mol. The van der Waals surface area contributed by atoms with Crippen LogP contribution in [0, 0.1) is 10.1 Å². The highest BCUT2D eigenvalue weighted by atomic mass is 16.6. The van der Waals surface area contributed by atoms with E-state index >= 15 is 0 Å². The van der Waals surface area contributed by atoms with Gasteiger partial charge in [-0.15, -0.1) is 0 Å². The van der Waals surface area contributed by atoms with E-state index in [4.69, 9.17) is 0 Å². The first kappa shape index (κ1) is 13.0. The summed E-state index contributed by atoms with van der Waals surface area (Å²) in [5.74, 6) is -0.0305. The number of anilines is 1. The Morgan fingerprint density at radius 1 is 1.37 bits per heavy atom. The van der Waals surface area contributed by atoms with Crippen LogP contribution in [0.25, 0.3) is 0 Å². The van der Waals surface area contributed by atoms with Gasteiger partial charge in [0, 0.05) is 49.4 Å². The number of benzene rings is 1. The molecule has 1 amide bonds. The quantitative estimate of drug-likeness (QED) is 0.493. The largest absolute Gasteiger partial charge is 0.369 e. The van der Waals surface area contributed by atoms with Crippen LogP contribution in [0.1, 0.15) is 16.8 Å². The normalized spacial score (nSPS) is 15.6. The molecule has 7 nitrogen and oxygen atoms in total. The Balaban J connectivity index is 2.30. The molecule has 1 aromatic carbocycles. The molecule has 0 bridgehead atoms. The Morgan fingerprint density at radius 2 is 2.16 bits per heavy atom. The van der Waals surface area contributed by atoms with Crippen molar-refractivity contribution in [2.75, 3.05) is 24.5 Å². The topological polar surface area (TPSA) is 92.5 Å². The van der Waals surface area contributed by atoms with Crippen LogP contribution in [-0.4, -0.2) is 36.8 Å². The van der Waals surface area contributed by atoms with Crippen molar-refractivity contribution in [1.29, 1.82) is 0 Å². The molecule has 2 rings (SSSR count). The molecular formula is C12H13N3O4. The van der Waals surface area contributed by atoms with Crippen molar-refractivity contribution in [1.82, 2.24) is 5.32 Å².